The summed E-state index contributed by atoms with van der Waals surface area (Å²) in [4.78, 5) is 147. The Morgan fingerprint density at radius 1 is 0.713 bits per heavy atom. The molecule has 440 valence electrons. The molecule has 25 heteroatoms. The molecule has 5 rings (SSSR count). The average Bonchev–Trinajstić information content (AvgIpc) is 4.23. The molecule has 10 amide bonds. The highest BCUT2D eigenvalue weighted by Crippen LogP contribution is 2.29. The molecule has 3 aliphatic rings. The monoisotopic (exact) mass is 1150 g/mol. The molecular weight excluding hydrogens is 1070 g/mol. The van der Waals surface area contributed by atoms with Gasteiger partial charge < -0.3 is 64.0 Å². The van der Waals surface area contributed by atoms with Gasteiger partial charge in [-0.2, -0.15) is 0 Å². The zero-order chi connectivity index (χ0) is 58.6. The lowest BCUT2D eigenvalue weighted by Gasteiger charge is -2.31. The Kier molecular flexibility index (Phi) is 25.4. The number of aliphatic imine (C=N–C) groups is 1. The molecule has 0 saturated carbocycles. The van der Waals surface area contributed by atoms with Gasteiger partial charge in [-0.15, -0.1) is 23.1 Å². The third-order valence-corrected chi connectivity index (χ3v) is 16.2. The molecule has 13 N–H and O–H groups in total. The van der Waals surface area contributed by atoms with E-state index in [2.05, 4.69) is 42.5 Å². The molecule has 4 heterocycles. The lowest BCUT2D eigenvalue weighted by molar-refractivity contribution is -0.142. The number of unbranched alkanes of at least 4 members (excludes halogenated alkanes) is 2. The Bertz CT molecular complexity index is 2530. The number of benzene rings is 1. The number of primary amides is 1. The van der Waals surface area contributed by atoms with E-state index in [0.29, 0.717) is 59.7 Å². The van der Waals surface area contributed by atoms with Crippen molar-refractivity contribution >= 4 is 87.2 Å². The van der Waals surface area contributed by atoms with Gasteiger partial charge in [-0.25, -0.2) is 0 Å². The second-order valence-electron chi connectivity index (χ2n) is 21.6. The summed E-state index contributed by atoms with van der Waals surface area (Å²) in [5.74, 6) is -7.00. The summed E-state index contributed by atoms with van der Waals surface area (Å²) in [6.07, 6.45) is 3.45. The number of thiophene rings is 1. The van der Waals surface area contributed by atoms with Gasteiger partial charge in [-0.3, -0.25) is 52.9 Å². The van der Waals surface area contributed by atoms with Crippen LogP contribution in [0.5, 0.6) is 0 Å². The van der Waals surface area contributed by atoms with E-state index in [4.69, 9.17) is 16.5 Å². The first-order valence-electron chi connectivity index (χ1n) is 27.8. The summed E-state index contributed by atoms with van der Waals surface area (Å²) >= 11 is 2.62. The molecule has 3 aliphatic heterocycles. The Balaban J connectivity index is 1.49. The highest BCUT2D eigenvalue weighted by Gasteiger charge is 2.40. The van der Waals surface area contributed by atoms with Gasteiger partial charge in [-0.1, -0.05) is 77.8 Å². The van der Waals surface area contributed by atoms with Crippen molar-refractivity contribution in [1.82, 2.24) is 47.4 Å². The first-order chi connectivity index (χ1) is 38.1. The van der Waals surface area contributed by atoms with Gasteiger partial charge in [0.15, 0.2) is 0 Å². The molecule has 80 heavy (non-hydrogen) atoms. The molecule has 1 aromatic heterocycles. The fraction of sp³-hybridized carbons (Fsp3) is 0.618. The van der Waals surface area contributed by atoms with Crippen LogP contribution in [0.3, 0.4) is 0 Å². The highest BCUT2D eigenvalue weighted by molar-refractivity contribution is 8.15. The predicted octanol–water partition coefficient (Wildman–Crippen LogP) is 0.187. The number of thioether (sulfide) groups is 1. The number of amides is 10. The highest BCUT2D eigenvalue weighted by atomic mass is 32.2. The number of hydrogen-bond donors (Lipinski definition) is 11. The zero-order valence-corrected chi connectivity index (χ0v) is 48.3. The van der Waals surface area contributed by atoms with Crippen LogP contribution < -0.4 is 54.0 Å². The first kappa shape index (κ1) is 64.4. The maximum absolute atomic E-state index is 14.5. The number of nitrogens with two attached hydrogens (primary N) is 2. The summed E-state index contributed by atoms with van der Waals surface area (Å²) in [7, 11) is 0. The van der Waals surface area contributed by atoms with Crippen LogP contribution in [-0.4, -0.2) is 160 Å². The van der Waals surface area contributed by atoms with E-state index in [1.54, 1.807) is 41.8 Å². The molecule has 0 spiro atoms. The van der Waals surface area contributed by atoms with Crippen LogP contribution >= 0.6 is 23.1 Å². The standard InChI is InChI=1S/C55H82N12O11S2/c1-7-8-17-36-55(78)67-21-14-19-43(67)53(77)58-32(6)46(70)65-41(27-68)51(75)64-40(24-33-15-10-9-11-16-33)50(74)61-37(45(57)69)25-34-26-44(79-28-34)54-66-42(29-80-54)52(76)63-39(23-31(4)5)49(73)62-38(22-30(2)3)48(72)59-35(47(71)60-36)18-12-13-20-56/h9-11,15-16,26,28,30-32,35-43,68H,7-8,12-14,17-25,27,29,56H2,1-6H3,(H2,57,69)(H,58,77)(H,59,72)(H,60,71)(H,61,74)(H,62,73)(H,63,76)(H,64,75)(H,65,70)/t32-,35-,36-,37-,38?,39-,40-,41-,42-,43-/m0/s1. The van der Waals surface area contributed by atoms with Crippen LogP contribution in [0.1, 0.15) is 122 Å². The lowest BCUT2D eigenvalue weighted by Crippen LogP contribution is -2.60. The summed E-state index contributed by atoms with van der Waals surface area (Å²) < 4.78 is 0. The number of hydrogen-bond acceptors (Lipinski definition) is 15. The number of nitrogens with one attached hydrogen (secondary N) is 8. The van der Waals surface area contributed by atoms with Crippen LogP contribution in [0.4, 0.5) is 0 Å². The molecule has 1 fully saturated rings. The number of aliphatic hydroxyl groups is 1. The largest absolute Gasteiger partial charge is 0.394 e. The smallest absolute Gasteiger partial charge is 0.246 e. The van der Waals surface area contributed by atoms with E-state index < -0.39 is 126 Å². The zero-order valence-electron chi connectivity index (χ0n) is 46.7. The minimum atomic E-state index is -1.60. The quantitative estimate of drug-likeness (QED) is 0.106. The van der Waals surface area contributed by atoms with Crippen LogP contribution in [-0.2, 0) is 60.8 Å². The van der Waals surface area contributed by atoms with Crippen LogP contribution in [0.25, 0.3) is 0 Å². The van der Waals surface area contributed by atoms with Gasteiger partial charge in [0.1, 0.15) is 65.5 Å². The van der Waals surface area contributed by atoms with Crippen molar-refractivity contribution in [3.05, 3.63) is 57.8 Å². The fourth-order valence-corrected chi connectivity index (χ4v) is 11.7. The van der Waals surface area contributed by atoms with Crippen molar-refractivity contribution < 1.29 is 53.1 Å². The Hall–Kier alpha value is -6.44. The molecule has 0 aliphatic carbocycles. The van der Waals surface area contributed by atoms with Crippen molar-refractivity contribution in [2.45, 2.75) is 179 Å². The van der Waals surface area contributed by atoms with Crippen LogP contribution in [0.2, 0.25) is 0 Å². The average molecular weight is 1150 g/mol. The first-order valence-corrected chi connectivity index (χ1v) is 29.6. The predicted molar refractivity (Wildman–Crippen MR) is 304 cm³/mol. The van der Waals surface area contributed by atoms with E-state index in [1.165, 1.54) is 34.9 Å². The Morgan fingerprint density at radius 3 is 1.91 bits per heavy atom. The number of carbonyl (C=O) groups is 10. The van der Waals surface area contributed by atoms with Crippen LogP contribution in [0.15, 0.2) is 46.8 Å². The van der Waals surface area contributed by atoms with Crippen molar-refractivity contribution in [3.8, 4) is 0 Å². The number of carbonyl (C=O) groups excluding carboxylic acids is 10. The van der Waals surface area contributed by atoms with Gasteiger partial charge in [0.25, 0.3) is 0 Å². The normalized spacial score (nSPS) is 26.6. The van der Waals surface area contributed by atoms with Gasteiger partial charge >= 0.3 is 0 Å². The molecule has 1 unspecified atom stereocenters. The molecule has 0 radical (unpaired) electrons. The topological polar surface area (TPSA) is 355 Å². The van der Waals surface area contributed by atoms with Gasteiger partial charge in [0.05, 0.1) is 11.5 Å². The SMILES string of the molecule is CCCC[C@@H]1NC(=O)[C@H](CCCCN)NC(=O)C(CC(C)C)NC(=O)[C@H](CC(C)C)NC(=O)[C@@H]2CSC(=N2)c2cc(cs2)C[C@@H](C(N)=O)NC(=O)[C@H](Cc2ccccc2)NC(=O)[C@H](CO)NC(=O)[C@H](C)NC(=O)[C@@H]2CCCN2C1=O. The van der Waals surface area contributed by atoms with E-state index in [1.807, 2.05) is 34.6 Å². The maximum atomic E-state index is 14.5. The summed E-state index contributed by atoms with van der Waals surface area (Å²) in [5.41, 5.74) is 12.9. The second kappa shape index (κ2) is 31.5. The molecule has 23 nitrogen and oxygen atoms in total. The molecular formula is C55H82N12O11S2. The number of nitrogens with zero attached hydrogens (tertiary/aromatic N) is 2. The Morgan fingerprint density at radius 2 is 1.29 bits per heavy atom. The third kappa shape index (κ3) is 19.1. The maximum Gasteiger partial charge on any atom is 0.246 e. The third-order valence-electron chi connectivity index (χ3n) is 14.0. The van der Waals surface area contributed by atoms with Gasteiger partial charge in [0, 0.05) is 25.1 Å². The number of aliphatic hydroxyl groups excluding tert-OH is 1. The lowest BCUT2D eigenvalue weighted by atomic mass is 9.99. The van der Waals surface area contributed by atoms with E-state index in [0.717, 1.165) is 0 Å². The second-order valence-corrected chi connectivity index (χ2v) is 23.5. The molecule has 10 atom stereocenters. The van der Waals surface area contributed by atoms with Crippen molar-refractivity contribution in [3.63, 3.8) is 0 Å². The van der Waals surface area contributed by atoms with Crippen molar-refractivity contribution in [2.75, 3.05) is 25.4 Å². The van der Waals surface area contributed by atoms with E-state index in [9.17, 15) is 53.1 Å². The van der Waals surface area contributed by atoms with Crippen LogP contribution in [0, 0.1) is 11.8 Å². The van der Waals surface area contributed by atoms with Crippen molar-refractivity contribution in [2.24, 2.45) is 28.3 Å². The number of fused-ring (bicyclic) bond motifs is 5. The minimum absolute atomic E-state index is 0.0550. The molecule has 2 aromatic rings. The summed E-state index contributed by atoms with van der Waals surface area (Å²) in [6, 6.07) is -1.43. The van der Waals surface area contributed by atoms with Crippen molar-refractivity contribution in [1.29, 1.82) is 0 Å². The molecule has 1 saturated heterocycles. The van der Waals surface area contributed by atoms with Gasteiger partial charge in [-0.05, 0) is 99.2 Å². The fourth-order valence-electron chi connectivity index (χ4n) is 9.59. The summed E-state index contributed by atoms with van der Waals surface area (Å²) in [5, 5.41) is 34.4. The Labute approximate surface area is 476 Å². The minimum Gasteiger partial charge on any atom is -0.394 e. The summed E-state index contributed by atoms with van der Waals surface area (Å²) in [6.45, 7) is 10.4. The number of rotatable bonds is 15. The van der Waals surface area contributed by atoms with Gasteiger partial charge in [0.2, 0.25) is 59.1 Å². The van der Waals surface area contributed by atoms with E-state index >= 15 is 0 Å². The van der Waals surface area contributed by atoms with E-state index in [-0.39, 0.29) is 69.1 Å². The molecule has 4 bridgehead atoms. The molecule has 1 aromatic carbocycles.